The predicted octanol–water partition coefficient (Wildman–Crippen LogP) is 2.23. The number of amides is 1. The molecule has 0 unspecified atom stereocenters. The Morgan fingerprint density at radius 3 is 2.80 bits per heavy atom. The van der Waals surface area contributed by atoms with Crippen molar-refractivity contribution in [2.75, 3.05) is 6.61 Å². The first-order valence-corrected chi connectivity index (χ1v) is 6.82. The zero-order chi connectivity index (χ0) is 14.6. The van der Waals surface area contributed by atoms with Crippen LogP contribution in [-0.2, 0) is 0 Å². The van der Waals surface area contributed by atoms with Gasteiger partial charge in [0.05, 0.1) is 5.56 Å². The number of hydrogen-bond donors (Lipinski definition) is 2. The molecule has 0 aromatic heterocycles. The van der Waals surface area contributed by atoms with Gasteiger partial charge in [0.2, 0.25) is 0 Å². The van der Waals surface area contributed by atoms with Crippen molar-refractivity contribution >= 4 is 5.91 Å². The minimum absolute atomic E-state index is 0.00876. The van der Waals surface area contributed by atoms with E-state index in [0.717, 1.165) is 25.7 Å². The molecule has 0 bridgehead atoms. The fraction of sp³-hybridized carbons (Fsp3) is 0.438. The topological polar surface area (TPSA) is 49.3 Å². The molecule has 2 N–H and O–H groups in total. The smallest absolute Gasteiger partial charge is 0.254 e. The fourth-order valence-electron chi connectivity index (χ4n) is 2.40. The summed E-state index contributed by atoms with van der Waals surface area (Å²) in [6.45, 7) is 1.76. The monoisotopic (exact) mass is 275 g/mol. The summed E-state index contributed by atoms with van der Waals surface area (Å²) in [5.41, 5.74) is 0.357. The van der Waals surface area contributed by atoms with Gasteiger partial charge in [0.15, 0.2) is 0 Å². The largest absolute Gasteiger partial charge is 0.384 e. The van der Waals surface area contributed by atoms with Gasteiger partial charge < -0.3 is 10.4 Å². The second-order valence-corrected chi connectivity index (χ2v) is 5.10. The highest BCUT2D eigenvalue weighted by Gasteiger charge is 2.36. The van der Waals surface area contributed by atoms with E-state index in [0.29, 0.717) is 5.56 Å². The van der Waals surface area contributed by atoms with Crippen molar-refractivity contribution in [3.63, 3.8) is 0 Å². The van der Waals surface area contributed by atoms with Crippen LogP contribution in [0.5, 0.6) is 0 Å². The van der Waals surface area contributed by atoms with E-state index in [1.54, 1.807) is 0 Å². The number of carbonyl (C=O) groups excluding carboxylic acids is 1. The van der Waals surface area contributed by atoms with Crippen LogP contribution >= 0.6 is 0 Å². The van der Waals surface area contributed by atoms with Gasteiger partial charge in [0, 0.05) is 11.1 Å². The molecule has 1 saturated carbocycles. The van der Waals surface area contributed by atoms with Crippen molar-refractivity contribution in [3.8, 4) is 11.8 Å². The van der Waals surface area contributed by atoms with Gasteiger partial charge in [-0.2, -0.15) is 0 Å². The average molecular weight is 275 g/mol. The van der Waals surface area contributed by atoms with Crippen molar-refractivity contribution in [3.05, 3.63) is 35.1 Å². The Morgan fingerprint density at radius 1 is 1.50 bits per heavy atom. The minimum atomic E-state index is -0.553. The fourth-order valence-corrected chi connectivity index (χ4v) is 2.40. The van der Waals surface area contributed by atoms with E-state index in [2.05, 4.69) is 17.2 Å². The average Bonchev–Trinajstić information content (AvgIpc) is 2.41. The van der Waals surface area contributed by atoms with Crippen molar-refractivity contribution in [1.82, 2.24) is 5.32 Å². The maximum atomic E-state index is 13.8. The summed E-state index contributed by atoms with van der Waals surface area (Å²) in [6.07, 6.45) is 3.84. The van der Waals surface area contributed by atoms with E-state index in [9.17, 15) is 9.18 Å². The lowest BCUT2D eigenvalue weighted by molar-refractivity contribution is 0.0816. The molecular formula is C16H18FNO2. The Morgan fingerprint density at radius 2 is 2.25 bits per heavy atom. The van der Waals surface area contributed by atoms with Crippen molar-refractivity contribution in [2.24, 2.45) is 0 Å². The van der Waals surface area contributed by atoms with Gasteiger partial charge in [-0.1, -0.05) is 18.8 Å². The van der Waals surface area contributed by atoms with Crippen molar-refractivity contribution < 1.29 is 14.3 Å². The lowest BCUT2D eigenvalue weighted by Gasteiger charge is -2.42. The standard InChI is InChI=1S/C16H18FNO2/c1-2-16(8-4-9-16)18-15(20)13-11-12(5-3-10-19)6-7-14(13)17/h6-7,11,19H,2,4,8-10H2,1H3,(H,18,20). The zero-order valence-electron chi connectivity index (χ0n) is 11.5. The highest BCUT2D eigenvalue weighted by Crippen LogP contribution is 2.34. The van der Waals surface area contributed by atoms with Crippen LogP contribution in [0.1, 0.15) is 48.5 Å². The third-order valence-corrected chi connectivity index (χ3v) is 3.89. The van der Waals surface area contributed by atoms with Crippen LogP contribution < -0.4 is 5.32 Å². The van der Waals surface area contributed by atoms with E-state index in [-0.39, 0.29) is 17.7 Å². The van der Waals surface area contributed by atoms with Gasteiger partial charge in [-0.3, -0.25) is 4.79 Å². The van der Waals surface area contributed by atoms with Crippen LogP contribution in [0.2, 0.25) is 0 Å². The molecule has 1 aliphatic carbocycles. The number of aliphatic hydroxyl groups excluding tert-OH is 1. The first-order chi connectivity index (χ1) is 9.60. The second-order valence-electron chi connectivity index (χ2n) is 5.10. The van der Waals surface area contributed by atoms with Crippen LogP contribution in [-0.4, -0.2) is 23.2 Å². The molecule has 1 fully saturated rings. The Kier molecular flexibility index (Phi) is 4.41. The van der Waals surface area contributed by atoms with Crippen LogP contribution in [0.25, 0.3) is 0 Å². The van der Waals surface area contributed by atoms with Gasteiger partial charge >= 0.3 is 0 Å². The number of aliphatic hydroxyl groups is 1. The summed E-state index contributed by atoms with van der Waals surface area (Å²) in [4.78, 5) is 12.2. The Bertz CT molecular complexity index is 562. The third kappa shape index (κ3) is 3.00. The van der Waals surface area contributed by atoms with E-state index in [1.165, 1.54) is 18.2 Å². The molecule has 1 aliphatic rings. The molecule has 2 rings (SSSR count). The molecule has 0 heterocycles. The molecule has 1 aromatic carbocycles. The first kappa shape index (κ1) is 14.5. The van der Waals surface area contributed by atoms with E-state index in [4.69, 9.17) is 5.11 Å². The van der Waals surface area contributed by atoms with Crippen molar-refractivity contribution in [1.29, 1.82) is 0 Å². The van der Waals surface area contributed by atoms with Crippen LogP contribution in [0.3, 0.4) is 0 Å². The molecule has 3 nitrogen and oxygen atoms in total. The summed E-state index contributed by atoms with van der Waals surface area (Å²) >= 11 is 0. The van der Waals surface area contributed by atoms with Gasteiger partial charge in [0.25, 0.3) is 5.91 Å². The number of carbonyl (C=O) groups is 1. The lowest BCUT2D eigenvalue weighted by Crippen LogP contribution is -2.53. The lowest BCUT2D eigenvalue weighted by atomic mass is 9.74. The van der Waals surface area contributed by atoms with E-state index >= 15 is 0 Å². The molecule has 0 saturated heterocycles. The summed E-state index contributed by atoms with van der Waals surface area (Å²) < 4.78 is 13.8. The first-order valence-electron chi connectivity index (χ1n) is 6.82. The molecule has 4 heteroatoms. The number of rotatable bonds is 3. The summed E-state index contributed by atoms with van der Waals surface area (Å²) in [5, 5.41) is 11.6. The maximum absolute atomic E-state index is 13.8. The predicted molar refractivity (Wildman–Crippen MR) is 74.7 cm³/mol. The highest BCUT2D eigenvalue weighted by atomic mass is 19.1. The normalized spacial score (nSPS) is 15.8. The Labute approximate surface area is 118 Å². The van der Waals surface area contributed by atoms with Crippen LogP contribution in [0.15, 0.2) is 18.2 Å². The van der Waals surface area contributed by atoms with Crippen LogP contribution in [0, 0.1) is 17.7 Å². The Hall–Kier alpha value is -1.86. The molecule has 0 atom stereocenters. The highest BCUT2D eigenvalue weighted by molar-refractivity contribution is 5.95. The molecule has 106 valence electrons. The number of hydrogen-bond acceptors (Lipinski definition) is 2. The number of nitrogens with one attached hydrogen (secondary N) is 1. The van der Waals surface area contributed by atoms with Gasteiger partial charge in [-0.15, -0.1) is 0 Å². The maximum Gasteiger partial charge on any atom is 0.254 e. The molecular weight excluding hydrogens is 257 g/mol. The van der Waals surface area contributed by atoms with Gasteiger partial charge in [0.1, 0.15) is 12.4 Å². The molecule has 1 amide bonds. The molecule has 0 aliphatic heterocycles. The van der Waals surface area contributed by atoms with Gasteiger partial charge in [-0.25, -0.2) is 4.39 Å². The second kappa shape index (κ2) is 6.06. The van der Waals surface area contributed by atoms with E-state index < -0.39 is 11.7 Å². The van der Waals surface area contributed by atoms with Gasteiger partial charge in [-0.05, 0) is 43.9 Å². The number of benzene rings is 1. The minimum Gasteiger partial charge on any atom is -0.384 e. The van der Waals surface area contributed by atoms with Crippen molar-refractivity contribution in [2.45, 2.75) is 38.1 Å². The quantitative estimate of drug-likeness (QED) is 0.831. The summed E-state index contributed by atoms with van der Waals surface area (Å²) in [7, 11) is 0. The third-order valence-electron chi connectivity index (χ3n) is 3.89. The number of halogens is 1. The molecule has 0 spiro atoms. The molecule has 20 heavy (non-hydrogen) atoms. The van der Waals surface area contributed by atoms with Crippen LogP contribution in [0.4, 0.5) is 4.39 Å². The summed E-state index contributed by atoms with van der Waals surface area (Å²) in [6, 6.07) is 4.15. The zero-order valence-corrected chi connectivity index (χ0v) is 11.5. The Balaban J connectivity index is 2.20. The summed E-state index contributed by atoms with van der Waals surface area (Å²) in [5.74, 6) is 4.21. The molecule has 0 radical (unpaired) electrons. The molecule has 1 aromatic rings. The van der Waals surface area contributed by atoms with E-state index in [1.807, 2.05) is 6.92 Å². The SMILES string of the molecule is CCC1(NC(=O)c2cc(C#CCO)ccc2F)CCC1.